The van der Waals surface area contributed by atoms with E-state index in [0.29, 0.717) is 5.92 Å². The Labute approximate surface area is 115 Å². The van der Waals surface area contributed by atoms with Gasteiger partial charge >= 0.3 is 0 Å². The molecule has 5 heteroatoms. The van der Waals surface area contributed by atoms with E-state index in [1.165, 1.54) is 0 Å². The Kier molecular flexibility index (Phi) is 4.24. The van der Waals surface area contributed by atoms with E-state index in [9.17, 15) is 0 Å². The molecule has 2 rings (SSSR count). The number of anilines is 1. The van der Waals surface area contributed by atoms with E-state index in [1.54, 1.807) is 0 Å². The second-order valence-corrected chi connectivity index (χ2v) is 5.51. The maximum absolute atomic E-state index is 8.99. The van der Waals surface area contributed by atoms with Crippen LogP contribution in [0.4, 0.5) is 5.69 Å². The standard InChI is InChI=1S/C13H18BrN3O/c14-10-2-1-3-11(12(10)13(15)16)17-6-4-9(8-17)5-7-18/h1-3,9,18H,4-8H2,(H3,15,16). The van der Waals surface area contributed by atoms with Gasteiger partial charge in [0.2, 0.25) is 0 Å². The summed E-state index contributed by atoms with van der Waals surface area (Å²) in [5.41, 5.74) is 7.44. The molecule has 1 atom stereocenters. The molecule has 0 aromatic heterocycles. The largest absolute Gasteiger partial charge is 0.396 e. The van der Waals surface area contributed by atoms with Crippen molar-refractivity contribution < 1.29 is 5.11 Å². The Morgan fingerprint density at radius 1 is 1.56 bits per heavy atom. The van der Waals surface area contributed by atoms with Crippen molar-refractivity contribution in [3.63, 3.8) is 0 Å². The quantitative estimate of drug-likeness (QED) is 0.588. The number of nitrogens with two attached hydrogens (primary N) is 1. The fraction of sp³-hybridized carbons (Fsp3) is 0.462. The zero-order chi connectivity index (χ0) is 13.1. The van der Waals surface area contributed by atoms with Gasteiger partial charge in [-0.2, -0.15) is 0 Å². The molecule has 0 radical (unpaired) electrons. The zero-order valence-corrected chi connectivity index (χ0v) is 11.8. The van der Waals surface area contributed by atoms with Crippen molar-refractivity contribution in [2.24, 2.45) is 11.7 Å². The molecule has 98 valence electrons. The lowest BCUT2D eigenvalue weighted by Gasteiger charge is -2.22. The van der Waals surface area contributed by atoms with Crippen molar-refractivity contribution in [1.82, 2.24) is 0 Å². The Morgan fingerprint density at radius 2 is 2.33 bits per heavy atom. The summed E-state index contributed by atoms with van der Waals surface area (Å²) in [7, 11) is 0. The van der Waals surface area contributed by atoms with Crippen LogP contribution in [0.3, 0.4) is 0 Å². The van der Waals surface area contributed by atoms with Crippen molar-refractivity contribution in [2.45, 2.75) is 12.8 Å². The van der Waals surface area contributed by atoms with Crippen molar-refractivity contribution in [3.8, 4) is 0 Å². The first kappa shape index (κ1) is 13.4. The molecule has 1 aromatic carbocycles. The van der Waals surface area contributed by atoms with Crippen molar-refractivity contribution in [2.75, 3.05) is 24.6 Å². The predicted molar refractivity (Wildman–Crippen MR) is 77.2 cm³/mol. The van der Waals surface area contributed by atoms with Crippen LogP contribution in [0.5, 0.6) is 0 Å². The van der Waals surface area contributed by atoms with Gasteiger partial charge in [-0.05, 0) is 46.8 Å². The molecule has 4 nitrogen and oxygen atoms in total. The highest BCUT2D eigenvalue weighted by atomic mass is 79.9. The normalized spacial score (nSPS) is 19.2. The molecule has 18 heavy (non-hydrogen) atoms. The topological polar surface area (TPSA) is 73.3 Å². The smallest absolute Gasteiger partial charge is 0.126 e. The maximum Gasteiger partial charge on any atom is 0.126 e. The van der Waals surface area contributed by atoms with Crippen LogP contribution in [-0.4, -0.2) is 30.6 Å². The highest BCUT2D eigenvalue weighted by molar-refractivity contribution is 9.10. The van der Waals surface area contributed by atoms with Crippen molar-refractivity contribution in [1.29, 1.82) is 5.41 Å². The Bertz CT molecular complexity index is 450. The van der Waals surface area contributed by atoms with Gasteiger partial charge in [-0.25, -0.2) is 0 Å². The highest BCUT2D eigenvalue weighted by Gasteiger charge is 2.25. The molecular formula is C13H18BrN3O. The molecule has 1 saturated heterocycles. The van der Waals surface area contributed by atoms with Gasteiger partial charge in [0.25, 0.3) is 0 Å². The zero-order valence-electron chi connectivity index (χ0n) is 10.2. The molecule has 1 aliphatic heterocycles. The molecule has 0 aliphatic carbocycles. The highest BCUT2D eigenvalue weighted by Crippen LogP contribution is 2.32. The Morgan fingerprint density at radius 3 is 3.00 bits per heavy atom. The summed E-state index contributed by atoms with van der Waals surface area (Å²) < 4.78 is 0.859. The minimum absolute atomic E-state index is 0.0862. The number of halogens is 1. The monoisotopic (exact) mass is 311 g/mol. The van der Waals surface area contributed by atoms with Gasteiger partial charge in [-0.15, -0.1) is 0 Å². The number of hydrogen-bond acceptors (Lipinski definition) is 3. The van der Waals surface area contributed by atoms with Crippen LogP contribution < -0.4 is 10.6 Å². The second-order valence-electron chi connectivity index (χ2n) is 4.66. The first-order valence-corrected chi connectivity index (χ1v) is 6.91. The number of hydrogen-bond donors (Lipinski definition) is 3. The number of nitrogen functional groups attached to an aromatic ring is 1. The SMILES string of the molecule is N=C(N)c1c(Br)cccc1N1CCC(CCO)C1. The summed E-state index contributed by atoms with van der Waals surface area (Å²) in [6.45, 7) is 2.13. The Hall–Kier alpha value is -1.07. The maximum atomic E-state index is 8.99. The number of nitrogens with zero attached hydrogens (tertiary/aromatic N) is 1. The minimum atomic E-state index is 0.0862. The van der Waals surface area contributed by atoms with Gasteiger partial charge in [0.05, 0.1) is 5.56 Å². The number of nitrogens with one attached hydrogen (secondary N) is 1. The molecule has 1 heterocycles. The molecule has 1 aromatic rings. The molecular weight excluding hydrogens is 294 g/mol. The summed E-state index contributed by atoms with van der Waals surface area (Å²) in [5, 5.41) is 16.7. The fourth-order valence-corrected chi connectivity index (χ4v) is 3.08. The molecule has 1 fully saturated rings. The van der Waals surface area contributed by atoms with E-state index < -0.39 is 0 Å². The second kappa shape index (κ2) is 5.71. The fourth-order valence-electron chi connectivity index (χ4n) is 2.51. The number of aliphatic hydroxyl groups excluding tert-OH is 1. The molecule has 0 bridgehead atoms. The molecule has 1 aliphatic rings. The third-order valence-corrected chi connectivity index (χ3v) is 4.09. The molecule has 0 saturated carbocycles. The molecule has 1 unspecified atom stereocenters. The van der Waals surface area contributed by atoms with Gasteiger partial charge in [0.15, 0.2) is 0 Å². The van der Waals surface area contributed by atoms with Gasteiger partial charge in [0, 0.05) is 29.9 Å². The van der Waals surface area contributed by atoms with Gasteiger partial charge in [0.1, 0.15) is 5.84 Å². The lowest BCUT2D eigenvalue weighted by molar-refractivity contribution is 0.263. The molecule has 4 N–H and O–H groups in total. The van der Waals surface area contributed by atoms with E-state index in [0.717, 1.165) is 41.7 Å². The van der Waals surface area contributed by atoms with E-state index in [-0.39, 0.29) is 12.4 Å². The van der Waals surface area contributed by atoms with Crippen LogP contribution in [0.25, 0.3) is 0 Å². The van der Waals surface area contributed by atoms with Crippen LogP contribution in [0.2, 0.25) is 0 Å². The Balaban J connectivity index is 2.24. The number of amidine groups is 1. The molecule has 0 amide bonds. The summed E-state index contributed by atoms with van der Waals surface area (Å²) >= 11 is 3.45. The molecule has 0 spiro atoms. The average molecular weight is 312 g/mol. The van der Waals surface area contributed by atoms with E-state index >= 15 is 0 Å². The first-order valence-electron chi connectivity index (χ1n) is 6.12. The number of benzene rings is 1. The van der Waals surface area contributed by atoms with Crippen LogP contribution in [0.1, 0.15) is 18.4 Å². The third-order valence-electron chi connectivity index (χ3n) is 3.42. The van der Waals surface area contributed by atoms with E-state index in [2.05, 4.69) is 20.8 Å². The van der Waals surface area contributed by atoms with Crippen LogP contribution in [0, 0.1) is 11.3 Å². The number of aliphatic hydroxyl groups is 1. The van der Waals surface area contributed by atoms with Gasteiger partial charge in [-0.1, -0.05) is 6.07 Å². The van der Waals surface area contributed by atoms with Gasteiger partial charge in [-0.3, -0.25) is 5.41 Å². The number of rotatable bonds is 4. The minimum Gasteiger partial charge on any atom is -0.396 e. The first-order chi connectivity index (χ1) is 8.63. The lowest BCUT2D eigenvalue weighted by atomic mass is 10.1. The third kappa shape index (κ3) is 2.67. The predicted octanol–water partition coefficient (Wildman–Crippen LogP) is 1.94. The summed E-state index contributed by atoms with van der Waals surface area (Å²) in [6.07, 6.45) is 1.93. The lowest BCUT2D eigenvalue weighted by Crippen LogP contribution is -2.24. The van der Waals surface area contributed by atoms with Crippen molar-refractivity contribution >= 4 is 27.5 Å². The van der Waals surface area contributed by atoms with Crippen LogP contribution >= 0.6 is 15.9 Å². The van der Waals surface area contributed by atoms with E-state index in [1.807, 2.05) is 18.2 Å². The van der Waals surface area contributed by atoms with Crippen molar-refractivity contribution in [3.05, 3.63) is 28.2 Å². The van der Waals surface area contributed by atoms with E-state index in [4.69, 9.17) is 16.2 Å². The van der Waals surface area contributed by atoms with Crippen LogP contribution in [0.15, 0.2) is 22.7 Å². The van der Waals surface area contributed by atoms with Crippen LogP contribution in [-0.2, 0) is 0 Å². The summed E-state index contributed by atoms with van der Waals surface area (Å²) in [5.74, 6) is 0.622. The van der Waals surface area contributed by atoms with Gasteiger partial charge < -0.3 is 15.7 Å². The average Bonchev–Trinajstić information content (AvgIpc) is 2.77. The summed E-state index contributed by atoms with van der Waals surface area (Å²) in [6, 6.07) is 5.87. The summed E-state index contributed by atoms with van der Waals surface area (Å²) in [4.78, 5) is 2.25.